The summed E-state index contributed by atoms with van der Waals surface area (Å²) in [7, 11) is 1.64. The Labute approximate surface area is 162 Å². The average molecular weight is 381 g/mol. The Hall–Kier alpha value is -3.00. The number of amides is 1. The number of nitrogens with one attached hydrogen (secondary N) is 1. The van der Waals surface area contributed by atoms with Crippen molar-refractivity contribution in [2.75, 3.05) is 20.3 Å². The number of aromatic amines is 1. The Kier molecular flexibility index (Phi) is 5.48. The number of H-pyrrole nitrogens is 1. The second-order valence-corrected chi connectivity index (χ2v) is 6.87. The maximum absolute atomic E-state index is 13.3. The van der Waals surface area contributed by atoms with Gasteiger partial charge in [-0.3, -0.25) is 9.89 Å². The highest BCUT2D eigenvalue weighted by Gasteiger charge is 2.32. The molecule has 0 aliphatic carbocycles. The highest BCUT2D eigenvalue weighted by atomic mass is 16.5. The standard InChI is InChI=1S/C20H23N5O3/c1-27-10-8-18-23-19(28-24-18)17-7-2-3-9-25(17)20(26)15-6-4-5-14(11-15)16-12-21-22-13-16/h4-6,11-13,17H,2-3,7-10H2,1H3,(H,21,22). The predicted octanol–water partition coefficient (Wildman–Crippen LogP) is 3.02. The van der Waals surface area contributed by atoms with Crippen LogP contribution in [0.4, 0.5) is 0 Å². The Balaban J connectivity index is 1.57. The zero-order chi connectivity index (χ0) is 19.3. The molecule has 8 heteroatoms. The lowest BCUT2D eigenvalue weighted by atomic mass is 9.99. The topological polar surface area (TPSA) is 97.1 Å². The third kappa shape index (κ3) is 3.82. The van der Waals surface area contributed by atoms with Crippen molar-refractivity contribution in [2.24, 2.45) is 0 Å². The van der Waals surface area contributed by atoms with Crippen LogP contribution in [-0.2, 0) is 11.2 Å². The van der Waals surface area contributed by atoms with Crippen LogP contribution in [0.5, 0.6) is 0 Å². The molecular weight excluding hydrogens is 358 g/mol. The van der Waals surface area contributed by atoms with Crippen LogP contribution in [0.1, 0.15) is 47.4 Å². The Morgan fingerprint density at radius 2 is 2.29 bits per heavy atom. The number of hydrogen-bond acceptors (Lipinski definition) is 6. The zero-order valence-corrected chi connectivity index (χ0v) is 15.8. The molecule has 1 unspecified atom stereocenters. The van der Waals surface area contributed by atoms with E-state index in [0.29, 0.717) is 36.9 Å². The van der Waals surface area contributed by atoms with Crippen molar-refractivity contribution < 1.29 is 14.1 Å². The van der Waals surface area contributed by atoms with Crippen LogP contribution in [-0.4, -0.2) is 51.4 Å². The number of carbonyl (C=O) groups excluding carboxylic acids is 1. The summed E-state index contributed by atoms with van der Waals surface area (Å²) >= 11 is 0. The van der Waals surface area contributed by atoms with Crippen LogP contribution in [0.3, 0.4) is 0 Å². The Bertz CT molecular complexity index is 922. The van der Waals surface area contributed by atoms with Gasteiger partial charge in [0.15, 0.2) is 5.82 Å². The number of methoxy groups -OCH3 is 1. The van der Waals surface area contributed by atoms with E-state index in [-0.39, 0.29) is 11.9 Å². The van der Waals surface area contributed by atoms with Crippen molar-refractivity contribution in [1.82, 2.24) is 25.2 Å². The van der Waals surface area contributed by atoms with Gasteiger partial charge in [0, 0.05) is 37.4 Å². The molecule has 3 aromatic rings. The lowest BCUT2D eigenvalue weighted by Gasteiger charge is -2.33. The van der Waals surface area contributed by atoms with Gasteiger partial charge in [-0.25, -0.2) is 0 Å². The largest absolute Gasteiger partial charge is 0.384 e. The summed E-state index contributed by atoms with van der Waals surface area (Å²) in [5.74, 6) is 1.09. The Morgan fingerprint density at radius 3 is 3.11 bits per heavy atom. The first-order chi connectivity index (χ1) is 13.8. The van der Waals surface area contributed by atoms with E-state index in [1.54, 1.807) is 13.3 Å². The second kappa shape index (κ2) is 8.35. The highest BCUT2D eigenvalue weighted by molar-refractivity contribution is 5.95. The molecule has 1 aromatic carbocycles. The number of carbonyl (C=O) groups is 1. The molecule has 1 aliphatic rings. The van der Waals surface area contributed by atoms with Crippen LogP contribution in [0.2, 0.25) is 0 Å². The van der Waals surface area contributed by atoms with E-state index in [2.05, 4.69) is 20.3 Å². The summed E-state index contributed by atoms with van der Waals surface area (Å²) in [6, 6.07) is 7.41. The summed E-state index contributed by atoms with van der Waals surface area (Å²) < 4.78 is 10.5. The summed E-state index contributed by atoms with van der Waals surface area (Å²) in [6.07, 6.45) is 6.96. The molecular formula is C20H23N5O3. The molecule has 1 aliphatic heterocycles. The summed E-state index contributed by atoms with van der Waals surface area (Å²) in [4.78, 5) is 19.6. The third-order valence-electron chi connectivity index (χ3n) is 5.00. The van der Waals surface area contributed by atoms with Gasteiger partial charge in [0.05, 0.1) is 12.8 Å². The minimum atomic E-state index is -0.192. The molecule has 4 rings (SSSR count). The third-order valence-corrected chi connectivity index (χ3v) is 5.00. The molecule has 8 nitrogen and oxygen atoms in total. The summed E-state index contributed by atoms with van der Waals surface area (Å²) in [5.41, 5.74) is 2.54. The lowest BCUT2D eigenvalue weighted by Crippen LogP contribution is -2.38. The van der Waals surface area contributed by atoms with Crippen LogP contribution < -0.4 is 0 Å². The fourth-order valence-corrected chi connectivity index (χ4v) is 3.54. The predicted molar refractivity (Wildman–Crippen MR) is 102 cm³/mol. The summed E-state index contributed by atoms with van der Waals surface area (Å²) in [6.45, 7) is 1.21. The van der Waals surface area contributed by atoms with Gasteiger partial charge in [-0.1, -0.05) is 17.3 Å². The van der Waals surface area contributed by atoms with Crippen LogP contribution in [0.15, 0.2) is 41.2 Å². The van der Waals surface area contributed by atoms with E-state index in [9.17, 15) is 4.79 Å². The Morgan fingerprint density at radius 1 is 1.36 bits per heavy atom. The molecule has 3 heterocycles. The minimum absolute atomic E-state index is 0.0216. The van der Waals surface area contributed by atoms with E-state index < -0.39 is 0 Å². The van der Waals surface area contributed by atoms with Gasteiger partial charge in [-0.15, -0.1) is 0 Å². The molecule has 0 spiro atoms. The van der Waals surface area contributed by atoms with Gasteiger partial charge >= 0.3 is 0 Å². The molecule has 146 valence electrons. The van der Waals surface area contributed by atoms with E-state index in [0.717, 1.165) is 30.4 Å². The minimum Gasteiger partial charge on any atom is -0.384 e. The molecule has 1 atom stereocenters. The molecule has 2 aromatic heterocycles. The van der Waals surface area contributed by atoms with Gasteiger partial charge in [-0.2, -0.15) is 10.1 Å². The normalized spacial score (nSPS) is 17.0. The van der Waals surface area contributed by atoms with E-state index >= 15 is 0 Å². The number of likely N-dealkylation sites (tertiary alicyclic amines) is 1. The van der Waals surface area contributed by atoms with E-state index in [1.165, 1.54) is 0 Å². The highest BCUT2D eigenvalue weighted by Crippen LogP contribution is 2.32. The monoisotopic (exact) mass is 381 g/mol. The first-order valence-electron chi connectivity index (χ1n) is 9.48. The number of nitrogens with zero attached hydrogens (tertiary/aromatic N) is 4. The zero-order valence-electron chi connectivity index (χ0n) is 15.8. The van der Waals surface area contributed by atoms with Crippen LogP contribution in [0, 0.1) is 0 Å². The number of hydrogen-bond donors (Lipinski definition) is 1. The smallest absolute Gasteiger partial charge is 0.254 e. The second-order valence-electron chi connectivity index (χ2n) is 6.87. The molecule has 1 N–H and O–H groups in total. The lowest BCUT2D eigenvalue weighted by molar-refractivity contribution is 0.0561. The van der Waals surface area contributed by atoms with Crippen LogP contribution in [0.25, 0.3) is 11.1 Å². The first-order valence-corrected chi connectivity index (χ1v) is 9.48. The molecule has 1 saturated heterocycles. The first kappa shape index (κ1) is 18.4. The van der Waals surface area contributed by atoms with Crippen molar-refractivity contribution in [3.63, 3.8) is 0 Å². The van der Waals surface area contributed by atoms with Crippen molar-refractivity contribution in [2.45, 2.75) is 31.7 Å². The summed E-state index contributed by atoms with van der Waals surface area (Å²) in [5, 5.41) is 10.8. The van der Waals surface area contributed by atoms with E-state index in [1.807, 2.05) is 35.4 Å². The van der Waals surface area contributed by atoms with Crippen molar-refractivity contribution in [1.29, 1.82) is 0 Å². The number of piperidine rings is 1. The van der Waals surface area contributed by atoms with Crippen LogP contribution >= 0.6 is 0 Å². The van der Waals surface area contributed by atoms with E-state index in [4.69, 9.17) is 9.26 Å². The van der Waals surface area contributed by atoms with Gasteiger partial charge in [0.2, 0.25) is 5.89 Å². The fourth-order valence-electron chi connectivity index (χ4n) is 3.54. The van der Waals surface area contributed by atoms with Gasteiger partial charge in [0.25, 0.3) is 5.91 Å². The van der Waals surface area contributed by atoms with Gasteiger partial charge in [0.1, 0.15) is 6.04 Å². The average Bonchev–Trinajstić information content (AvgIpc) is 3.44. The number of benzene rings is 1. The number of aromatic nitrogens is 4. The quantitative estimate of drug-likeness (QED) is 0.705. The van der Waals surface area contributed by atoms with Crippen molar-refractivity contribution in [3.8, 4) is 11.1 Å². The molecule has 0 saturated carbocycles. The van der Waals surface area contributed by atoms with Crippen molar-refractivity contribution >= 4 is 5.91 Å². The molecule has 1 amide bonds. The van der Waals surface area contributed by atoms with Gasteiger partial charge < -0.3 is 14.2 Å². The van der Waals surface area contributed by atoms with Crippen molar-refractivity contribution in [3.05, 3.63) is 53.9 Å². The number of rotatable bonds is 6. The molecule has 28 heavy (non-hydrogen) atoms. The molecule has 0 bridgehead atoms. The SMILES string of the molecule is COCCc1noc(C2CCCCN2C(=O)c2cccc(-c3cn[nH]c3)c2)n1. The fraction of sp³-hybridized carbons (Fsp3) is 0.400. The maximum atomic E-state index is 13.3. The molecule has 0 radical (unpaired) electrons. The maximum Gasteiger partial charge on any atom is 0.254 e. The number of ether oxygens (including phenoxy) is 1. The molecule has 1 fully saturated rings. The van der Waals surface area contributed by atoms with Gasteiger partial charge in [-0.05, 0) is 37.0 Å².